The Hall–Kier alpha value is -3.45. The summed E-state index contributed by atoms with van der Waals surface area (Å²) in [5.74, 6) is 0.685. The first-order chi connectivity index (χ1) is 15.5. The molecule has 1 N–H and O–H groups in total. The molecule has 1 aliphatic heterocycles. The first-order valence-corrected chi connectivity index (χ1v) is 10.9. The second-order valence-corrected chi connectivity index (χ2v) is 7.95. The molecule has 1 fully saturated rings. The predicted molar refractivity (Wildman–Crippen MR) is 124 cm³/mol. The number of methoxy groups -OCH3 is 1. The molecule has 0 atom stereocenters. The van der Waals surface area contributed by atoms with Crippen LogP contribution in [0.15, 0.2) is 54.6 Å². The smallest absolute Gasteiger partial charge is 0.254 e. The van der Waals surface area contributed by atoms with Gasteiger partial charge in [-0.2, -0.15) is 0 Å². The number of carbonyl (C=O) groups excluding carboxylic acids is 2. The van der Waals surface area contributed by atoms with E-state index >= 15 is 0 Å². The van der Waals surface area contributed by atoms with Crippen LogP contribution in [0.25, 0.3) is 10.9 Å². The van der Waals surface area contributed by atoms with Crippen molar-refractivity contribution in [1.29, 1.82) is 0 Å². The SMILES string of the molecule is COc1ccc(C(=O)NCCN2CCN(C(=O)c3cc(C)nc4ccccc34)CC2)cc1. The van der Waals surface area contributed by atoms with Crippen LogP contribution < -0.4 is 10.1 Å². The molecule has 0 bridgehead atoms. The van der Waals surface area contributed by atoms with Gasteiger partial charge in [0.1, 0.15) is 5.75 Å². The van der Waals surface area contributed by atoms with Crippen LogP contribution in [0.3, 0.4) is 0 Å². The first kappa shape index (κ1) is 21.8. The van der Waals surface area contributed by atoms with Crippen LogP contribution in [0, 0.1) is 6.92 Å². The molecule has 7 nitrogen and oxygen atoms in total. The lowest BCUT2D eigenvalue weighted by molar-refractivity contribution is 0.0639. The Kier molecular flexibility index (Phi) is 6.66. The van der Waals surface area contributed by atoms with E-state index in [0.717, 1.165) is 42.0 Å². The van der Waals surface area contributed by atoms with Crippen molar-refractivity contribution >= 4 is 22.7 Å². The van der Waals surface area contributed by atoms with E-state index in [1.54, 1.807) is 31.4 Å². The lowest BCUT2D eigenvalue weighted by atomic mass is 10.1. The Morgan fingerprint density at radius 1 is 1.03 bits per heavy atom. The van der Waals surface area contributed by atoms with Crippen LogP contribution in [-0.2, 0) is 0 Å². The van der Waals surface area contributed by atoms with Gasteiger partial charge in [-0.3, -0.25) is 19.5 Å². The molecule has 2 heterocycles. The number of hydrogen-bond donors (Lipinski definition) is 1. The number of ether oxygens (including phenoxy) is 1. The van der Waals surface area contributed by atoms with E-state index in [-0.39, 0.29) is 11.8 Å². The maximum Gasteiger partial charge on any atom is 0.254 e. The lowest BCUT2D eigenvalue weighted by Crippen LogP contribution is -2.50. The minimum Gasteiger partial charge on any atom is -0.497 e. The fourth-order valence-electron chi connectivity index (χ4n) is 4.00. The van der Waals surface area contributed by atoms with Gasteiger partial charge in [-0.1, -0.05) is 18.2 Å². The molecular weight excluding hydrogens is 404 g/mol. The fraction of sp³-hybridized carbons (Fsp3) is 0.320. The third-order valence-electron chi connectivity index (χ3n) is 5.80. The number of aromatic nitrogens is 1. The number of carbonyl (C=O) groups is 2. The highest BCUT2D eigenvalue weighted by atomic mass is 16.5. The quantitative estimate of drug-likeness (QED) is 0.648. The number of aryl methyl sites for hydroxylation is 1. The minimum atomic E-state index is -0.0959. The summed E-state index contributed by atoms with van der Waals surface area (Å²) >= 11 is 0. The van der Waals surface area contributed by atoms with Gasteiger partial charge in [-0.25, -0.2) is 0 Å². The number of piperazine rings is 1. The van der Waals surface area contributed by atoms with Gasteiger partial charge in [0.2, 0.25) is 0 Å². The van der Waals surface area contributed by atoms with Crippen molar-refractivity contribution in [3.8, 4) is 5.75 Å². The second kappa shape index (κ2) is 9.78. The largest absolute Gasteiger partial charge is 0.497 e. The molecule has 7 heteroatoms. The van der Waals surface area contributed by atoms with E-state index in [9.17, 15) is 9.59 Å². The molecule has 0 radical (unpaired) electrons. The highest BCUT2D eigenvalue weighted by Gasteiger charge is 2.23. The first-order valence-electron chi connectivity index (χ1n) is 10.9. The van der Waals surface area contributed by atoms with Crippen molar-refractivity contribution in [2.24, 2.45) is 0 Å². The summed E-state index contributed by atoms with van der Waals surface area (Å²) < 4.78 is 5.12. The molecule has 0 saturated carbocycles. The van der Waals surface area contributed by atoms with Crippen LogP contribution in [0.4, 0.5) is 0 Å². The zero-order valence-electron chi connectivity index (χ0n) is 18.5. The van der Waals surface area contributed by atoms with Crippen molar-refractivity contribution in [1.82, 2.24) is 20.1 Å². The number of para-hydroxylation sites is 1. The number of hydrogen-bond acceptors (Lipinski definition) is 5. The molecule has 1 aliphatic rings. The van der Waals surface area contributed by atoms with Crippen LogP contribution in [0.5, 0.6) is 5.75 Å². The Morgan fingerprint density at radius 2 is 1.75 bits per heavy atom. The molecule has 166 valence electrons. The van der Waals surface area contributed by atoms with Crippen molar-refractivity contribution in [2.75, 3.05) is 46.4 Å². The molecule has 32 heavy (non-hydrogen) atoms. The summed E-state index contributed by atoms with van der Waals surface area (Å²) in [6.45, 7) is 6.13. The van der Waals surface area contributed by atoms with Gasteiger partial charge >= 0.3 is 0 Å². The molecular formula is C25H28N4O3. The molecule has 0 aliphatic carbocycles. The Balaban J connectivity index is 1.28. The molecule has 0 spiro atoms. The van der Waals surface area contributed by atoms with E-state index in [2.05, 4.69) is 15.2 Å². The second-order valence-electron chi connectivity index (χ2n) is 7.95. The molecule has 4 rings (SSSR count). The Morgan fingerprint density at radius 3 is 2.47 bits per heavy atom. The van der Waals surface area contributed by atoms with E-state index in [1.165, 1.54) is 0 Å². The summed E-state index contributed by atoms with van der Waals surface area (Å²) in [6, 6.07) is 16.7. The Bertz CT molecular complexity index is 1110. The van der Waals surface area contributed by atoms with Crippen molar-refractivity contribution in [3.63, 3.8) is 0 Å². The highest BCUT2D eigenvalue weighted by molar-refractivity contribution is 6.06. The van der Waals surface area contributed by atoms with Gasteiger partial charge in [-0.05, 0) is 43.3 Å². The molecule has 2 amide bonds. The maximum absolute atomic E-state index is 13.2. The van der Waals surface area contributed by atoms with Crippen LogP contribution in [-0.4, -0.2) is 73.0 Å². The van der Waals surface area contributed by atoms with Crippen molar-refractivity contribution < 1.29 is 14.3 Å². The topological polar surface area (TPSA) is 74.8 Å². The third kappa shape index (κ3) is 4.89. The van der Waals surface area contributed by atoms with E-state index in [4.69, 9.17) is 4.74 Å². The van der Waals surface area contributed by atoms with Crippen molar-refractivity contribution in [3.05, 3.63) is 71.4 Å². The van der Waals surface area contributed by atoms with Crippen LogP contribution in [0.2, 0.25) is 0 Å². The number of nitrogens with one attached hydrogen (secondary N) is 1. The van der Waals surface area contributed by atoms with Gasteiger partial charge in [0.15, 0.2) is 0 Å². The number of nitrogens with zero attached hydrogens (tertiary/aromatic N) is 3. The van der Waals surface area contributed by atoms with Gasteiger partial charge in [0.05, 0.1) is 18.2 Å². The average Bonchev–Trinajstić information content (AvgIpc) is 2.83. The monoisotopic (exact) mass is 432 g/mol. The standard InChI is InChI=1S/C25H28N4O3/c1-18-17-22(21-5-3-4-6-23(21)27-18)25(31)29-15-13-28(14-16-29)12-11-26-24(30)19-7-9-20(32-2)10-8-19/h3-10,17H,11-16H2,1-2H3,(H,26,30). The number of fused-ring (bicyclic) bond motifs is 1. The number of benzene rings is 2. The molecule has 1 aromatic heterocycles. The average molecular weight is 433 g/mol. The van der Waals surface area contributed by atoms with Gasteiger partial charge in [0.25, 0.3) is 11.8 Å². The lowest BCUT2D eigenvalue weighted by Gasteiger charge is -2.35. The maximum atomic E-state index is 13.2. The summed E-state index contributed by atoms with van der Waals surface area (Å²) in [5.41, 5.74) is 3.02. The molecule has 0 unspecified atom stereocenters. The van der Waals surface area contributed by atoms with E-state index in [0.29, 0.717) is 30.8 Å². The number of pyridine rings is 1. The number of amides is 2. The zero-order valence-corrected chi connectivity index (χ0v) is 18.5. The molecule has 2 aromatic carbocycles. The summed E-state index contributed by atoms with van der Waals surface area (Å²) in [7, 11) is 1.60. The fourth-order valence-corrected chi connectivity index (χ4v) is 4.00. The molecule has 3 aromatic rings. The zero-order chi connectivity index (χ0) is 22.5. The van der Waals surface area contributed by atoms with Gasteiger partial charge < -0.3 is 15.0 Å². The number of rotatable bonds is 6. The van der Waals surface area contributed by atoms with Crippen molar-refractivity contribution in [2.45, 2.75) is 6.92 Å². The highest BCUT2D eigenvalue weighted by Crippen LogP contribution is 2.20. The van der Waals surface area contributed by atoms with Crippen LogP contribution in [0.1, 0.15) is 26.4 Å². The third-order valence-corrected chi connectivity index (χ3v) is 5.80. The summed E-state index contributed by atoms with van der Waals surface area (Å²) in [6.07, 6.45) is 0. The summed E-state index contributed by atoms with van der Waals surface area (Å²) in [4.78, 5) is 34.2. The van der Waals surface area contributed by atoms with E-state index in [1.807, 2.05) is 42.2 Å². The predicted octanol–water partition coefficient (Wildman–Crippen LogP) is 2.74. The molecule has 1 saturated heterocycles. The normalized spacial score (nSPS) is 14.4. The van der Waals surface area contributed by atoms with Crippen LogP contribution >= 0.6 is 0 Å². The summed E-state index contributed by atoms with van der Waals surface area (Å²) in [5, 5.41) is 3.86. The van der Waals surface area contributed by atoms with Gasteiger partial charge in [0, 0.05) is 55.9 Å². The Labute approximate surface area is 188 Å². The van der Waals surface area contributed by atoms with Gasteiger partial charge in [-0.15, -0.1) is 0 Å². The van der Waals surface area contributed by atoms with E-state index < -0.39 is 0 Å². The minimum absolute atomic E-state index is 0.0548.